The number of hydrogen-bond acceptors (Lipinski definition) is 5. The molecule has 1 aliphatic heterocycles. The van der Waals surface area contributed by atoms with E-state index < -0.39 is 0 Å². The van der Waals surface area contributed by atoms with Crippen LogP contribution in [0.5, 0.6) is 0 Å². The summed E-state index contributed by atoms with van der Waals surface area (Å²) >= 11 is 0. The van der Waals surface area contributed by atoms with E-state index in [-0.39, 0.29) is 18.8 Å². The van der Waals surface area contributed by atoms with E-state index >= 15 is 0 Å². The van der Waals surface area contributed by atoms with Crippen molar-refractivity contribution in [1.82, 2.24) is 20.1 Å². The van der Waals surface area contributed by atoms with Gasteiger partial charge in [-0.15, -0.1) is 0 Å². The van der Waals surface area contributed by atoms with Crippen LogP contribution in [0.3, 0.4) is 0 Å². The third-order valence-corrected chi connectivity index (χ3v) is 5.07. The summed E-state index contributed by atoms with van der Waals surface area (Å²) in [6.45, 7) is 1.82. The smallest absolute Gasteiger partial charge is 0.153 e. The van der Waals surface area contributed by atoms with Crippen molar-refractivity contribution in [2.75, 3.05) is 13.7 Å². The van der Waals surface area contributed by atoms with E-state index in [9.17, 15) is 5.11 Å². The van der Waals surface area contributed by atoms with Crippen LogP contribution in [-0.4, -0.2) is 44.9 Å². The maximum atomic E-state index is 9.18. The van der Waals surface area contributed by atoms with Gasteiger partial charge in [0, 0.05) is 26.1 Å². The van der Waals surface area contributed by atoms with Crippen LogP contribution in [0.25, 0.3) is 0 Å². The second-order valence-corrected chi connectivity index (χ2v) is 6.87. The van der Waals surface area contributed by atoms with Crippen LogP contribution in [0, 0.1) is 0 Å². The van der Waals surface area contributed by atoms with Crippen LogP contribution >= 0.6 is 0 Å². The zero-order valence-electron chi connectivity index (χ0n) is 14.0. The standard InChI is InChI=1S/C18H24N4O2/c1-24-15-8-16(18-19-17(20-21-18)14-6-7-14)22(10-15)9-12-2-4-13(11-23)5-3-12/h2-5,14-16,23H,6-11H2,1H3,(H,19,20,21)/t15-,16+/m1/s1. The normalized spacial score (nSPS) is 24.6. The molecule has 2 fully saturated rings. The van der Waals surface area contributed by atoms with Crippen LogP contribution in [0.15, 0.2) is 24.3 Å². The van der Waals surface area contributed by atoms with E-state index in [0.717, 1.165) is 36.7 Å². The Morgan fingerprint density at radius 2 is 2.00 bits per heavy atom. The van der Waals surface area contributed by atoms with E-state index in [2.05, 4.69) is 27.2 Å². The van der Waals surface area contributed by atoms with Crippen LogP contribution in [0.1, 0.15) is 54.0 Å². The van der Waals surface area contributed by atoms with Crippen molar-refractivity contribution in [2.45, 2.75) is 50.5 Å². The zero-order valence-corrected chi connectivity index (χ0v) is 14.0. The van der Waals surface area contributed by atoms with Crippen LogP contribution < -0.4 is 0 Å². The predicted octanol–water partition coefficient (Wildman–Crippen LogP) is 2.14. The van der Waals surface area contributed by atoms with Gasteiger partial charge in [0.25, 0.3) is 0 Å². The molecule has 4 rings (SSSR count). The molecule has 0 spiro atoms. The van der Waals surface area contributed by atoms with Crippen molar-refractivity contribution < 1.29 is 9.84 Å². The highest BCUT2D eigenvalue weighted by atomic mass is 16.5. The third-order valence-electron chi connectivity index (χ3n) is 5.07. The summed E-state index contributed by atoms with van der Waals surface area (Å²) in [5.74, 6) is 2.50. The molecule has 2 N–H and O–H groups in total. The first-order valence-electron chi connectivity index (χ1n) is 8.64. The lowest BCUT2D eigenvalue weighted by atomic mass is 10.1. The molecule has 1 aromatic heterocycles. The Morgan fingerprint density at radius 1 is 1.25 bits per heavy atom. The molecule has 24 heavy (non-hydrogen) atoms. The Hall–Kier alpha value is -1.76. The molecule has 0 bridgehead atoms. The average Bonchev–Trinajstić information content (AvgIpc) is 3.21. The lowest BCUT2D eigenvalue weighted by molar-refractivity contribution is 0.107. The van der Waals surface area contributed by atoms with Gasteiger partial charge in [-0.05, 0) is 30.4 Å². The van der Waals surface area contributed by atoms with Crippen molar-refractivity contribution in [1.29, 1.82) is 0 Å². The van der Waals surface area contributed by atoms with E-state index in [1.807, 2.05) is 12.1 Å². The number of likely N-dealkylation sites (tertiary alicyclic amines) is 1. The predicted molar refractivity (Wildman–Crippen MR) is 89.3 cm³/mol. The number of aromatic nitrogens is 3. The van der Waals surface area contributed by atoms with Gasteiger partial charge < -0.3 is 9.84 Å². The number of aliphatic hydroxyl groups is 1. The number of H-pyrrole nitrogens is 1. The summed E-state index contributed by atoms with van der Waals surface area (Å²) < 4.78 is 5.60. The summed E-state index contributed by atoms with van der Waals surface area (Å²) in [4.78, 5) is 7.15. The molecule has 0 radical (unpaired) electrons. The van der Waals surface area contributed by atoms with Crippen molar-refractivity contribution >= 4 is 0 Å². The van der Waals surface area contributed by atoms with Gasteiger partial charge in [0.1, 0.15) is 5.82 Å². The lowest BCUT2D eigenvalue weighted by Gasteiger charge is -2.22. The van der Waals surface area contributed by atoms with Crippen molar-refractivity contribution in [3.63, 3.8) is 0 Å². The van der Waals surface area contributed by atoms with Gasteiger partial charge in [-0.3, -0.25) is 10.00 Å². The SMILES string of the molecule is CO[C@@H]1C[C@@H](c2nc(C3CC3)n[nH]2)N(Cc2ccc(CO)cc2)C1. The molecule has 2 aliphatic rings. The maximum absolute atomic E-state index is 9.18. The lowest BCUT2D eigenvalue weighted by Crippen LogP contribution is -2.25. The van der Waals surface area contributed by atoms with Crippen molar-refractivity contribution in [2.24, 2.45) is 0 Å². The Balaban J connectivity index is 1.51. The second-order valence-electron chi connectivity index (χ2n) is 6.87. The molecule has 128 valence electrons. The molecule has 1 aromatic carbocycles. The number of ether oxygens (including phenoxy) is 1. The molecule has 1 aliphatic carbocycles. The van der Waals surface area contributed by atoms with Crippen LogP contribution in [-0.2, 0) is 17.9 Å². The minimum Gasteiger partial charge on any atom is -0.392 e. The summed E-state index contributed by atoms with van der Waals surface area (Å²) in [5.41, 5.74) is 2.17. The highest BCUT2D eigenvalue weighted by Crippen LogP contribution is 2.39. The monoisotopic (exact) mass is 328 g/mol. The number of aromatic amines is 1. The molecule has 1 saturated heterocycles. The van der Waals surface area contributed by atoms with E-state index in [1.54, 1.807) is 7.11 Å². The number of nitrogens with zero attached hydrogens (tertiary/aromatic N) is 3. The highest BCUT2D eigenvalue weighted by molar-refractivity contribution is 5.22. The number of aliphatic hydroxyl groups excluding tert-OH is 1. The summed E-state index contributed by atoms with van der Waals surface area (Å²) in [7, 11) is 1.78. The van der Waals surface area contributed by atoms with Gasteiger partial charge in [-0.1, -0.05) is 24.3 Å². The minimum atomic E-state index is 0.0837. The average molecular weight is 328 g/mol. The van der Waals surface area contributed by atoms with E-state index in [1.165, 1.54) is 18.4 Å². The van der Waals surface area contributed by atoms with Crippen LogP contribution in [0.4, 0.5) is 0 Å². The zero-order chi connectivity index (χ0) is 16.5. The van der Waals surface area contributed by atoms with Crippen molar-refractivity contribution in [3.8, 4) is 0 Å². The first-order chi connectivity index (χ1) is 11.8. The number of hydrogen-bond donors (Lipinski definition) is 2. The third kappa shape index (κ3) is 3.22. The molecule has 6 heteroatoms. The maximum Gasteiger partial charge on any atom is 0.153 e. The Morgan fingerprint density at radius 3 is 2.67 bits per heavy atom. The second kappa shape index (κ2) is 6.63. The molecule has 6 nitrogen and oxygen atoms in total. The summed E-state index contributed by atoms with van der Waals surface area (Å²) in [6.07, 6.45) is 3.58. The van der Waals surface area contributed by atoms with Gasteiger partial charge in [0.15, 0.2) is 5.82 Å². The number of methoxy groups -OCH3 is 1. The van der Waals surface area contributed by atoms with E-state index in [4.69, 9.17) is 9.72 Å². The highest BCUT2D eigenvalue weighted by Gasteiger charge is 2.36. The molecular formula is C18H24N4O2. The van der Waals surface area contributed by atoms with Gasteiger partial charge in [-0.25, -0.2) is 4.98 Å². The summed E-state index contributed by atoms with van der Waals surface area (Å²) in [6, 6.07) is 8.34. The topological polar surface area (TPSA) is 74.3 Å². The fourth-order valence-corrected chi connectivity index (χ4v) is 3.44. The molecule has 2 atom stereocenters. The fourth-order valence-electron chi connectivity index (χ4n) is 3.44. The molecule has 1 saturated carbocycles. The first kappa shape index (κ1) is 15.7. The minimum absolute atomic E-state index is 0.0837. The Kier molecular flexibility index (Phi) is 4.35. The number of benzene rings is 1. The van der Waals surface area contributed by atoms with Gasteiger partial charge in [0.05, 0.1) is 18.8 Å². The van der Waals surface area contributed by atoms with E-state index in [0.29, 0.717) is 5.92 Å². The molecule has 2 aromatic rings. The largest absolute Gasteiger partial charge is 0.392 e. The quantitative estimate of drug-likeness (QED) is 0.850. The number of rotatable bonds is 6. The van der Waals surface area contributed by atoms with Gasteiger partial charge in [-0.2, -0.15) is 5.10 Å². The first-order valence-corrected chi connectivity index (χ1v) is 8.64. The Bertz CT molecular complexity index is 681. The molecular weight excluding hydrogens is 304 g/mol. The van der Waals surface area contributed by atoms with Crippen molar-refractivity contribution in [3.05, 3.63) is 47.0 Å². The van der Waals surface area contributed by atoms with Gasteiger partial charge in [0.2, 0.25) is 0 Å². The molecule has 2 heterocycles. The van der Waals surface area contributed by atoms with Gasteiger partial charge >= 0.3 is 0 Å². The summed E-state index contributed by atoms with van der Waals surface area (Å²) in [5, 5.41) is 16.7. The Labute approximate surface area is 141 Å². The fraction of sp³-hybridized carbons (Fsp3) is 0.556. The molecule has 0 unspecified atom stereocenters. The molecule has 0 amide bonds. The van der Waals surface area contributed by atoms with Crippen LogP contribution in [0.2, 0.25) is 0 Å². The number of nitrogens with one attached hydrogen (secondary N) is 1.